The summed E-state index contributed by atoms with van der Waals surface area (Å²) in [7, 11) is 0. The summed E-state index contributed by atoms with van der Waals surface area (Å²) in [4.78, 5) is 43.5. The fourth-order valence-corrected chi connectivity index (χ4v) is 2.86. The summed E-state index contributed by atoms with van der Waals surface area (Å²) in [5.41, 5.74) is 1.18. The highest BCUT2D eigenvalue weighted by atomic mass is 16.5. The van der Waals surface area contributed by atoms with Gasteiger partial charge in [0.25, 0.3) is 5.56 Å². The van der Waals surface area contributed by atoms with Crippen molar-refractivity contribution in [3.63, 3.8) is 0 Å². The topological polar surface area (TPSA) is 101 Å². The third-order valence-corrected chi connectivity index (χ3v) is 4.18. The number of fused-ring (bicyclic) bond motifs is 1. The van der Waals surface area contributed by atoms with Crippen molar-refractivity contribution in [2.75, 3.05) is 11.9 Å². The molecule has 0 unspecified atom stereocenters. The van der Waals surface area contributed by atoms with E-state index in [2.05, 4.69) is 15.3 Å². The van der Waals surface area contributed by atoms with E-state index in [1.165, 1.54) is 0 Å². The van der Waals surface area contributed by atoms with E-state index in [0.29, 0.717) is 40.8 Å². The molecule has 0 aliphatic rings. The lowest BCUT2D eigenvalue weighted by molar-refractivity contribution is -0.116. The number of ether oxygens (including phenoxy) is 1. The lowest BCUT2D eigenvalue weighted by Gasteiger charge is -2.10. The van der Waals surface area contributed by atoms with Crippen molar-refractivity contribution < 1.29 is 14.3 Å². The molecule has 0 saturated carbocycles. The van der Waals surface area contributed by atoms with E-state index in [-0.39, 0.29) is 24.5 Å². The molecule has 1 aromatic heterocycles. The Morgan fingerprint density at radius 3 is 2.68 bits per heavy atom. The summed E-state index contributed by atoms with van der Waals surface area (Å²) in [5.74, 6) is -0.153. The van der Waals surface area contributed by atoms with Gasteiger partial charge in [0.1, 0.15) is 5.82 Å². The lowest BCUT2D eigenvalue weighted by Crippen LogP contribution is -2.16. The molecule has 0 aliphatic heterocycles. The van der Waals surface area contributed by atoms with Crippen LogP contribution in [0.4, 0.5) is 5.69 Å². The Morgan fingerprint density at radius 2 is 1.86 bits per heavy atom. The van der Waals surface area contributed by atoms with Crippen molar-refractivity contribution in [3.8, 4) is 0 Å². The second-order valence-corrected chi connectivity index (χ2v) is 6.20. The number of hydrogen-bond acceptors (Lipinski definition) is 5. The van der Waals surface area contributed by atoms with E-state index in [1.807, 2.05) is 6.07 Å². The van der Waals surface area contributed by atoms with Gasteiger partial charge in [0.05, 0.1) is 28.8 Å². The van der Waals surface area contributed by atoms with E-state index in [9.17, 15) is 14.4 Å². The van der Waals surface area contributed by atoms with Crippen molar-refractivity contribution in [1.82, 2.24) is 9.97 Å². The number of anilines is 1. The van der Waals surface area contributed by atoms with Crippen LogP contribution in [0.15, 0.2) is 53.3 Å². The van der Waals surface area contributed by atoms with E-state index >= 15 is 0 Å². The molecule has 7 heteroatoms. The number of aromatic nitrogens is 2. The van der Waals surface area contributed by atoms with E-state index < -0.39 is 5.97 Å². The van der Waals surface area contributed by atoms with Crippen molar-refractivity contribution in [1.29, 1.82) is 0 Å². The van der Waals surface area contributed by atoms with Crippen molar-refractivity contribution in [3.05, 3.63) is 70.3 Å². The number of para-hydroxylation sites is 2. The molecule has 3 aromatic rings. The van der Waals surface area contributed by atoms with Crippen LogP contribution in [-0.2, 0) is 16.0 Å². The minimum absolute atomic E-state index is 0.187. The molecule has 3 rings (SSSR count). The first-order chi connectivity index (χ1) is 13.6. The van der Waals surface area contributed by atoms with Crippen molar-refractivity contribution >= 4 is 28.5 Å². The summed E-state index contributed by atoms with van der Waals surface area (Å²) in [5, 5.41) is 3.29. The zero-order valence-electron chi connectivity index (χ0n) is 15.5. The second kappa shape index (κ2) is 8.94. The van der Waals surface area contributed by atoms with Crippen LogP contribution in [0.1, 0.15) is 35.9 Å². The molecular weight excluding hydrogens is 358 g/mol. The Balaban J connectivity index is 1.60. The average molecular weight is 379 g/mol. The number of nitrogens with zero attached hydrogens (tertiary/aromatic N) is 1. The number of hydrogen-bond donors (Lipinski definition) is 2. The molecular formula is C21H21N3O4. The summed E-state index contributed by atoms with van der Waals surface area (Å²) >= 11 is 0. The molecule has 0 aliphatic carbocycles. The quantitative estimate of drug-likeness (QED) is 0.615. The molecule has 28 heavy (non-hydrogen) atoms. The lowest BCUT2D eigenvalue weighted by atomic mass is 10.1. The molecule has 0 radical (unpaired) electrons. The van der Waals surface area contributed by atoms with E-state index in [4.69, 9.17) is 4.74 Å². The fourth-order valence-electron chi connectivity index (χ4n) is 2.86. The zero-order chi connectivity index (χ0) is 19.9. The normalized spacial score (nSPS) is 10.6. The Labute approximate surface area is 161 Å². The Kier molecular flexibility index (Phi) is 6.16. The Hall–Kier alpha value is -3.48. The van der Waals surface area contributed by atoms with Crippen LogP contribution >= 0.6 is 0 Å². The number of rotatable bonds is 7. The van der Waals surface area contributed by atoms with Crippen LogP contribution < -0.4 is 10.9 Å². The molecule has 0 atom stereocenters. The predicted octanol–water partition coefficient (Wildman–Crippen LogP) is 3.06. The van der Waals surface area contributed by atoms with Gasteiger partial charge in [-0.05, 0) is 37.6 Å². The zero-order valence-corrected chi connectivity index (χ0v) is 15.5. The van der Waals surface area contributed by atoms with Crippen LogP contribution in [0.3, 0.4) is 0 Å². The number of carbonyl (C=O) groups excluding carboxylic acids is 2. The van der Waals surface area contributed by atoms with Crippen LogP contribution in [-0.4, -0.2) is 28.5 Å². The van der Waals surface area contributed by atoms with Gasteiger partial charge in [-0.1, -0.05) is 24.3 Å². The third-order valence-electron chi connectivity index (χ3n) is 4.18. The van der Waals surface area contributed by atoms with Crippen LogP contribution in [0.25, 0.3) is 10.9 Å². The Morgan fingerprint density at radius 1 is 1.11 bits per heavy atom. The van der Waals surface area contributed by atoms with Crippen LogP contribution in [0, 0.1) is 0 Å². The van der Waals surface area contributed by atoms with Gasteiger partial charge in [-0.3, -0.25) is 9.59 Å². The highest BCUT2D eigenvalue weighted by molar-refractivity contribution is 6.01. The van der Waals surface area contributed by atoms with Crippen molar-refractivity contribution in [2.24, 2.45) is 0 Å². The maximum atomic E-state index is 12.3. The number of aromatic amines is 1. The predicted molar refractivity (Wildman–Crippen MR) is 106 cm³/mol. The number of carbonyl (C=O) groups is 2. The maximum absolute atomic E-state index is 12.3. The number of amides is 1. The molecule has 0 spiro atoms. The van der Waals surface area contributed by atoms with Gasteiger partial charge >= 0.3 is 5.97 Å². The van der Waals surface area contributed by atoms with Crippen LogP contribution in [0.2, 0.25) is 0 Å². The molecule has 2 aromatic carbocycles. The first-order valence-corrected chi connectivity index (χ1v) is 9.12. The minimum atomic E-state index is -0.476. The average Bonchev–Trinajstić information content (AvgIpc) is 2.68. The number of aryl methyl sites for hydroxylation is 1. The second-order valence-electron chi connectivity index (χ2n) is 6.20. The molecule has 1 heterocycles. The number of nitrogens with one attached hydrogen (secondary N) is 2. The molecule has 144 valence electrons. The summed E-state index contributed by atoms with van der Waals surface area (Å²) in [6.07, 6.45) is 1.20. The maximum Gasteiger partial charge on any atom is 0.340 e. The molecule has 7 nitrogen and oxygen atoms in total. The third kappa shape index (κ3) is 4.62. The van der Waals surface area contributed by atoms with Gasteiger partial charge < -0.3 is 15.0 Å². The number of esters is 1. The fraction of sp³-hybridized carbons (Fsp3) is 0.238. The SMILES string of the molecule is CCOC(=O)c1ccccc1NC(=O)CCCc1nc2ccccc2c(=O)[nH]1. The highest BCUT2D eigenvalue weighted by Crippen LogP contribution is 2.17. The van der Waals surface area contributed by atoms with Crippen molar-refractivity contribution in [2.45, 2.75) is 26.2 Å². The van der Waals surface area contributed by atoms with E-state index in [1.54, 1.807) is 49.4 Å². The molecule has 0 saturated heterocycles. The van der Waals surface area contributed by atoms with Gasteiger partial charge in [-0.25, -0.2) is 9.78 Å². The molecule has 0 bridgehead atoms. The Bertz CT molecular complexity index is 1060. The minimum Gasteiger partial charge on any atom is -0.462 e. The number of benzene rings is 2. The smallest absolute Gasteiger partial charge is 0.340 e. The summed E-state index contributed by atoms with van der Waals surface area (Å²) in [6, 6.07) is 13.8. The number of H-pyrrole nitrogens is 1. The largest absolute Gasteiger partial charge is 0.462 e. The van der Waals surface area contributed by atoms with Gasteiger partial charge in [0, 0.05) is 12.8 Å². The molecule has 1 amide bonds. The molecule has 0 fully saturated rings. The first kappa shape index (κ1) is 19.3. The summed E-state index contributed by atoms with van der Waals surface area (Å²) in [6.45, 7) is 1.99. The van der Waals surface area contributed by atoms with Gasteiger partial charge in [0.15, 0.2) is 0 Å². The summed E-state index contributed by atoms with van der Waals surface area (Å²) < 4.78 is 5.00. The van der Waals surface area contributed by atoms with Crippen LogP contribution in [0.5, 0.6) is 0 Å². The van der Waals surface area contributed by atoms with Gasteiger partial charge in [0.2, 0.25) is 5.91 Å². The first-order valence-electron chi connectivity index (χ1n) is 9.12. The van der Waals surface area contributed by atoms with E-state index in [0.717, 1.165) is 0 Å². The standard InChI is InChI=1S/C21H21N3O4/c1-2-28-21(27)15-9-4-6-11-17(15)23-19(25)13-7-12-18-22-16-10-5-3-8-14(16)20(26)24-18/h3-6,8-11H,2,7,12-13H2,1H3,(H,23,25)(H,22,24,26). The van der Waals surface area contributed by atoms with Gasteiger partial charge in [-0.15, -0.1) is 0 Å². The monoisotopic (exact) mass is 379 g/mol. The highest BCUT2D eigenvalue weighted by Gasteiger charge is 2.14. The molecule has 2 N–H and O–H groups in total. The van der Waals surface area contributed by atoms with Gasteiger partial charge in [-0.2, -0.15) is 0 Å².